The third kappa shape index (κ3) is 3.04. The van der Waals surface area contributed by atoms with E-state index in [1.165, 1.54) is 13.0 Å². The molecule has 1 N–H and O–H groups in total. The molecule has 0 bridgehead atoms. The Morgan fingerprint density at radius 2 is 1.63 bits per heavy atom. The minimum absolute atomic E-state index is 0.296. The Labute approximate surface area is 126 Å². The maximum atomic E-state index is 14.0. The Bertz CT molecular complexity index is 609. The lowest BCUT2D eigenvalue weighted by Gasteiger charge is -2.15. The number of aliphatic hydroxyl groups excluding tert-OH is 1. The van der Waals surface area contributed by atoms with Gasteiger partial charge in [-0.05, 0) is 42.3 Å². The van der Waals surface area contributed by atoms with Crippen molar-refractivity contribution in [3.05, 3.63) is 67.6 Å². The van der Waals surface area contributed by atoms with Crippen LogP contribution in [0, 0.1) is 18.6 Å². The van der Waals surface area contributed by atoms with Gasteiger partial charge in [-0.1, -0.05) is 37.9 Å². The zero-order valence-electron chi connectivity index (χ0n) is 9.92. The first-order valence-electron chi connectivity index (χ1n) is 5.48. The zero-order chi connectivity index (χ0) is 14.2. The molecule has 0 aromatic heterocycles. The van der Waals surface area contributed by atoms with Crippen molar-refractivity contribution < 1.29 is 13.9 Å². The van der Waals surface area contributed by atoms with E-state index >= 15 is 0 Å². The maximum Gasteiger partial charge on any atom is 0.135 e. The standard InChI is InChI=1S/C14H10Br2F2O/c1-7-2-3-11(17)12(13(7)18)14(19)8-4-9(15)6-10(16)5-8/h2-6,14,19H,1H3. The van der Waals surface area contributed by atoms with Gasteiger partial charge in [-0.25, -0.2) is 8.78 Å². The molecule has 0 heterocycles. The van der Waals surface area contributed by atoms with Crippen molar-refractivity contribution in [1.29, 1.82) is 0 Å². The molecule has 1 atom stereocenters. The molecule has 0 saturated heterocycles. The average Bonchev–Trinajstić information content (AvgIpc) is 2.33. The molecular weight excluding hydrogens is 382 g/mol. The fourth-order valence-corrected chi connectivity index (χ4v) is 3.16. The maximum absolute atomic E-state index is 14.0. The van der Waals surface area contributed by atoms with Gasteiger partial charge in [0.15, 0.2) is 0 Å². The van der Waals surface area contributed by atoms with Crippen molar-refractivity contribution in [2.75, 3.05) is 0 Å². The summed E-state index contributed by atoms with van der Waals surface area (Å²) in [6, 6.07) is 7.52. The summed E-state index contributed by atoms with van der Waals surface area (Å²) < 4.78 is 29.1. The fourth-order valence-electron chi connectivity index (χ4n) is 1.83. The van der Waals surface area contributed by atoms with E-state index in [2.05, 4.69) is 31.9 Å². The second kappa shape index (κ2) is 5.69. The van der Waals surface area contributed by atoms with Gasteiger partial charge >= 0.3 is 0 Å². The van der Waals surface area contributed by atoms with Crippen molar-refractivity contribution in [1.82, 2.24) is 0 Å². The number of benzene rings is 2. The van der Waals surface area contributed by atoms with Gasteiger partial charge in [0.05, 0.1) is 5.56 Å². The van der Waals surface area contributed by atoms with Crippen LogP contribution in [0.5, 0.6) is 0 Å². The summed E-state index contributed by atoms with van der Waals surface area (Å²) in [5.74, 6) is -1.48. The van der Waals surface area contributed by atoms with Gasteiger partial charge in [0.2, 0.25) is 0 Å². The lowest BCUT2D eigenvalue weighted by Crippen LogP contribution is -2.07. The number of hydrogen-bond acceptors (Lipinski definition) is 1. The van der Waals surface area contributed by atoms with Crippen LogP contribution in [-0.2, 0) is 0 Å². The summed E-state index contributed by atoms with van der Waals surface area (Å²) >= 11 is 6.55. The molecule has 0 amide bonds. The van der Waals surface area contributed by atoms with E-state index in [0.717, 1.165) is 6.07 Å². The minimum atomic E-state index is -1.35. The highest BCUT2D eigenvalue weighted by Crippen LogP contribution is 2.31. The highest BCUT2D eigenvalue weighted by molar-refractivity contribution is 9.11. The molecule has 19 heavy (non-hydrogen) atoms. The van der Waals surface area contributed by atoms with Crippen LogP contribution in [0.1, 0.15) is 22.8 Å². The molecule has 1 unspecified atom stereocenters. The molecule has 0 fully saturated rings. The summed E-state index contributed by atoms with van der Waals surface area (Å²) in [6.45, 7) is 1.53. The normalized spacial score (nSPS) is 12.5. The molecule has 0 aliphatic carbocycles. The van der Waals surface area contributed by atoms with Crippen LogP contribution in [0.25, 0.3) is 0 Å². The molecule has 5 heteroatoms. The number of hydrogen-bond donors (Lipinski definition) is 1. The second-order valence-corrected chi connectivity index (χ2v) is 6.03. The Kier molecular flexibility index (Phi) is 4.38. The van der Waals surface area contributed by atoms with Crippen LogP contribution in [0.3, 0.4) is 0 Å². The van der Waals surface area contributed by atoms with Gasteiger partial charge in [-0.15, -0.1) is 0 Å². The molecule has 0 saturated carbocycles. The van der Waals surface area contributed by atoms with Crippen molar-refractivity contribution in [2.45, 2.75) is 13.0 Å². The van der Waals surface area contributed by atoms with Gasteiger partial charge in [-0.2, -0.15) is 0 Å². The number of halogens is 4. The van der Waals surface area contributed by atoms with Gasteiger partial charge in [0.1, 0.15) is 17.7 Å². The average molecular weight is 392 g/mol. The number of rotatable bonds is 2. The quantitative estimate of drug-likeness (QED) is 0.773. The molecule has 0 spiro atoms. The highest BCUT2D eigenvalue weighted by Gasteiger charge is 2.21. The summed E-state index contributed by atoms with van der Waals surface area (Å²) in [4.78, 5) is 0. The van der Waals surface area contributed by atoms with Crippen LogP contribution in [0.15, 0.2) is 39.3 Å². The summed E-state index contributed by atoms with van der Waals surface area (Å²) in [5, 5.41) is 10.2. The number of aliphatic hydroxyl groups is 1. The van der Waals surface area contributed by atoms with E-state index in [9.17, 15) is 13.9 Å². The number of aryl methyl sites for hydroxylation is 1. The Morgan fingerprint density at radius 1 is 1.05 bits per heavy atom. The van der Waals surface area contributed by atoms with Crippen LogP contribution in [0.4, 0.5) is 8.78 Å². The first-order valence-corrected chi connectivity index (χ1v) is 7.07. The first kappa shape index (κ1) is 14.6. The van der Waals surface area contributed by atoms with Crippen molar-refractivity contribution in [3.63, 3.8) is 0 Å². The first-order chi connectivity index (χ1) is 8.90. The molecular formula is C14H10Br2F2O. The molecule has 2 rings (SSSR count). The van der Waals surface area contributed by atoms with Crippen molar-refractivity contribution in [2.24, 2.45) is 0 Å². The SMILES string of the molecule is Cc1ccc(F)c(C(O)c2cc(Br)cc(Br)c2)c1F. The van der Waals surface area contributed by atoms with E-state index in [1.807, 2.05) is 0 Å². The third-order valence-electron chi connectivity index (χ3n) is 2.79. The predicted molar refractivity (Wildman–Crippen MR) is 77.0 cm³/mol. The van der Waals surface area contributed by atoms with Crippen LogP contribution < -0.4 is 0 Å². The minimum Gasteiger partial charge on any atom is -0.383 e. The molecule has 100 valence electrons. The van der Waals surface area contributed by atoms with Crippen molar-refractivity contribution in [3.8, 4) is 0 Å². The molecule has 0 aliphatic rings. The van der Waals surface area contributed by atoms with Gasteiger partial charge in [0, 0.05) is 8.95 Å². The zero-order valence-corrected chi connectivity index (χ0v) is 13.1. The molecule has 2 aromatic rings. The molecule has 0 aliphatic heterocycles. The monoisotopic (exact) mass is 390 g/mol. The van der Waals surface area contributed by atoms with E-state index in [4.69, 9.17) is 0 Å². The lowest BCUT2D eigenvalue weighted by molar-refractivity contribution is 0.208. The van der Waals surface area contributed by atoms with Crippen LogP contribution in [-0.4, -0.2) is 5.11 Å². The van der Waals surface area contributed by atoms with Gasteiger partial charge in [-0.3, -0.25) is 0 Å². The Morgan fingerprint density at radius 3 is 2.21 bits per heavy atom. The summed E-state index contributed by atoms with van der Waals surface area (Å²) in [5.41, 5.74) is 0.374. The van der Waals surface area contributed by atoms with Crippen molar-refractivity contribution >= 4 is 31.9 Å². The van der Waals surface area contributed by atoms with Gasteiger partial charge in [0.25, 0.3) is 0 Å². The predicted octanol–water partition coefficient (Wildman–Crippen LogP) is 4.88. The van der Waals surface area contributed by atoms with E-state index in [1.54, 1.807) is 18.2 Å². The second-order valence-electron chi connectivity index (χ2n) is 4.20. The fraction of sp³-hybridized carbons (Fsp3) is 0.143. The molecule has 2 aromatic carbocycles. The molecule has 0 radical (unpaired) electrons. The van der Waals surface area contributed by atoms with E-state index in [0.29, 0.717) is 20.1 Å². The topological polar surface area (TPSA) is 20.2 Å². The van der Waals surface area contributed by atoms with E-state index < -0.39 is 17.7 Å². The van der Waals surface area contributed by atoms with E-state index in [-0.39, 0.29) is 5.56 Å². The Hall–Kier alpha value is -0.780. The lowest BCUT2D eigenvalue weighted by atomic mass is 9.98. The van der Waals surface area contributed by atoms with Crippen LogP contribution in [0.2, 0.25) is 0 Å². The smallest absolute Gasteiger partial charge is 0.135 e. The summed E-state index contributed by atoms with van der Waals surface area (Å²) in [7, 11) is 0. The molecule has 1 nitrogen and oxygen atoms in total. The highest BCUT2D eigenvalue weighted by atomic mass is 79.9. The largest absolute Gasteiger partial charge is 0.383 e. The third-order valence-corrected chi connectivity index (χ3v) is 3.71. The summed E-state index contributed by atoms with van der Waals surface area (Å²) in [6.07, 6.45) is -1.35. The van der Waals surface area contributed by atoms with Crippen LogP contribution >= 0.6 is 31.9 Å². The van der Waals surface area contributed by atoms with Gasteiger partial charge < -0.3 is 5.11 Å². The Balaban J connectivity index is 2.55.